The molecule has 156 valence electrons. The van der Waals surface area contributed by atoms with E-state index in [9.17, 15) is 18.8 Å². The molecule has 0 aliphatic heterocycles. The molecule has 30 heavy (non-hydrogen) atoms. The average Bonchev–Trinajstić information content (AvgIpc) is 3.10. The van der Waals surface area contributed by atoms with Crippen molar-refractivity contribution in [3.63, 3.8) is 0 Å². The van der Waals surface area contributed by atoms with E-state index in [0.717, 1.165) is 23.2 Å². The first-order valence-electron chi connectivity index (χ1n) is 10.1. The zero-order chi connectivity index (χ0) is 21.4. The van der Waals surface area contributed by atoms with Gasteiger partial charge in [-0.05, 0) is 36.1 Å². The van der Waals surface area contributed by atoms with Crippen LogP contribution in [0.5, 0.6) is 0 Å². The van der Waals surface area contributed by atoms with Crippen molar-refractivity contribution in [3.8, 4) is 6.07 Å². The number of hydrogen-bond acceptors (Lipinski definition) is 6. The van der Waals surface area contributed by atoms with Crippen LogP contribution in [0, 0.1) is 11.3 Å². The Balaban J connectivity index is 1.89. The Morgan fingerprint density at radius 3 is 2.50 bits per heavy atom. The molecule has 1 heterocycles. The fourth-order valence-electron chi connectivity index (χ4n) is 4.31. The van der Waals surface area contributed by atoms with Crippen molar-refractivity contribution in [2.24, 2.45) is 0 Å². The predicted octanol–water partition coefficient (Wildman–Crippen LogP) is 3.28. The first-order chi connectivity index (χ1) is 14.4. The number of nitriles is 1. The lowest BCUT2D eigenvalue weighted by molar-refractivity contribution is 0.0861. The second-order valence-corrected chi connectivity index (χ2v) is 9.87. The standard InChI is InChI=1S/C22H24N4O3S/c23-14-13-22(27,16-7-3-1-4-8-16)17-11-12-19-20(15-17)26(21(24)25-19)30(28,29)18-9-5-2-6-10-18/h1,3-4,7-8,11-12,15,18,27H,2,5-6,9-10,13H2,(H2,24,25). The molecule has 3 aromatic rings. The number of benzene rings is 2. The summed E-state index contributed by atoms with van der Waals surface area (Å²) in [5.74, 6) is -0.0868. The summed E-state index contributed by atoms with van der Waals surface area (Å²) in [5.41, 5.74) is 6.18. The van der Waals surface area contributed by atoms with Crippen molar-refractivity contribution in [2.45, 2.75) is 49.4 Å². The second-order valence-electron chi connectivity index (χ2n) is 7.80. The van der Waals surface area contributed by atoms with E-state index >= 15 is 0 Å². The Morgan fingerprint density at radius 2 is 1.83 bits per heavy atom. The minimum Gasteiger partial charge on any atom is -0.379 e. The Hall–Kier alpha value is -2.89. The van der Waals surface area contributed by atoms with Gasteiger partial charge >= 0.3 is 0 Å². The fraction of sp³-hybridized carbons (Fsp3) is 0.364. The molecule has 8 heteroatoms. The third kappa shape index (κ3) is 3.34. The van der Waals surface area contributed by atoms with E-state index in [2.05, 4.69) is 4.98 Å². The van der Waals surface area contributed by atoms with Crippen molar-refractivity contribution in [1.29, 1.82) is 5.26 Å². The molecular weight excluding hydrogens is 400 g/mol. The van der Waals surface area contributed by atoms with Gasteiger partial charge < -0.3 is 10.8 Å². The number of aliphatic hydroxyl groups is 1. The Labute approximate surface area is 175 Å². The van der Waals surface area contributed by atoms with Crippen molar-refractivity contribution < 1.29 is 13.5 Å². The van der Waals surface area contributed by atoms with Gasteiger partial charge in [0, 0.05) is 0 Å². The summed E-state index contributed by atoms with van der Waals surface area (Å²) in [6, 6.07) is 15.8. The zero-order valence-electron chi connectivity index (χ0n) is 16.5. The SMILES string of the molecule is N#CCC(O)(c1ccccc1)c1ccc2nc(N)n(S(=O)(=O)C3CCCCC3)c2c1. The summed E-state index contributed by atoms with van der Waals surface area (Å²) in [4.78, 5) is 4.23. The minimum atomic E-state index is -3.73. The number of aromatic nitrogens is 2. The van der Waals surface area contributed by atoms with E-state index in [0.29, 0.717) is 35.0 Å². The molecule has 1 atom stereocenters. The summed E-state index contributed by atoms with van der Waals surface area (Å²) < 4.78 is 27.8. The molecule has 1 unspecified atom stereocenters. The molecule has 0 spiro atoms. The average molecular weight is 425 g/mol. The van der Waals surface area contributed by atoms with Gasteiger partial charge in [0.15, 0.2) is 0 Å². The molecule has 1 aliphatic carbocycles. The second kappa shape index (κ2) is 7.74. The molecule has 0 radical (unpaired) electrons. The number of nitrogen functional groups attached to an aromatic ring is 1. The van der Waals surface area contributed by atoms with Gasteiger partial charge in [-0.1, -0.05) is 55.7 Å². The lowest BCUT2D eigenvalue weighted by Gasteiger charge is -2.27. The van der Waals surface area contributed by atoms with Crippen LogP contribution in [0.1, 0.15) is 49.7 Å². The van der Waals surface area contributed by atoms with Crippen LogP contribution >= 0.6 is 0 Å². The Morgan fingerprint density at radius 1 is 1.13 bits per heavy atom. The molecule has 2 aromatic carbocycles. The quantitative estimate of drug-likeness (QED) is 0.648. The van der Waals surface area contributed by atoms with Crippen LogP contribution in [0.3, 0.4) is 0 Å². The van der Waals surface area contributed by atoms with Crippen LogP contribution in [0.2, 0.25) is 0 Å². The van der Waals surface area contributed by atoms with Gasteiger partial charge in [-0.3, -0.25) is 0 Å². The van der Waals surface area contributed by atoms with E-state index in [1.807, 2.05) is 12.1 Å². The zero-order valence-corrected chi connectivity index (χ0v) is 17.3. The van der Waals surface area contributed by atoms with Crippen LogP contribution in [0.25, 0.3) is 11.0 Å². The Kier molecular flexibility index (Phi) is 5.26. The third-order valence-electron chi connectivity index (χ3n) is 5.93. The number of nitrogens with zero attached hydrogens (tertiary/aromatic N) is 3. The van der Waals surface area contributed by atoms with Crippen LogP contribution in [0.4, 0.5) is 5.95 Å². The highest BCUT2D eigenvalue weighted by atomic mass is 32.2. The highest BCUT2D eigenvalue weighted by Gasteiger charge is 2.35. The smallest absolute Gasteiger partial charge is 0.244 e. The molecule has 1 aromatic heterocycles. The molecule has 4 rings (SSSR count). The summed E-state index contributed by atoms with van der Waals surface area (Å²) in [7, 11) is -3.73. The molecular formula is C22H24N4O3S. The lowest BCUT2D eigenvalue weighted by atomic mass is 9.84. The molecule has 0 bridgehead atoms. The number of rotatable bonds is 5. The molecule has 0 amide bonds. The predicted molar refractivity (Wildman–Crippen MR) is 115 cm³/mol. The lowest BCUT2D eigenvalue weighted by Crippen LogP contribution is -2.30. The summed E-state index contributed by atoms with van der Waals surface area (Å²) >= 11 is 0. The van der Waals surface area contributed by atoms with Crippen molar-refractivity contribution in [3.05, 3.63) is 59.7 Å². The van der Waals surface area contributed by atoms with Crippen LogP contribution in [-0.4, -0.2) is 27.7 Å². The van der Waals surface area contributed by atoms with E-state index in [1.165, 1.54) is 0 Å². The molecule has 1 aliphatic rings. The topological polar surface area (TPSA) is 122 Å². The van der Waals surface area contributed by atoms with E-state index < -0.39 is 20.9 Å². The molecule has 7 nitrogen and oxygen atoms in total. The monoisotopic (exact) mass is 424 g/mol. The largest absolute Gasteiger partial charge is 0.379 e. The van der Waals surface area contributed by atoms with Gasteiger partial charge in [0.25, 0.3) is 0 Å². The number of hydrogen-bond donors (Lipinski definition) is 2. The van der Waals surface area contributed by atoms with Gasteiger partial charge in [0.05, 0.1) is 28.8 Å². The van der Waals surface area contributed by atoms with Gasteiger partial charge in [-0.25, -0.2) is 17.4 Å². The fourth-order valence-corrected chi connectivity index (χ4v) is 6.26. The van der Waals surface area contributed by atoms with Crippen LogP contribution in [0.15, 0.2) is 48.5 Å². The van der Waals surface area contributed by atoms with Gasteiger partial charge in [0.2, 0.25) is 16.0 Å². The molecule has 1 saturated carbocycles. The number of fused-ring (bicyclic) bond motifs is 1. The maximum Gasteiger partial charge on any atom is 0.244 e. The maximum atomic E-state index is 13.4. The van der Waals surface area contributed by atoms with Crippen LogP contribution < -0.4 is 5.73 Å². The molecule has 3 N–H and O–H groups in total. The Bertz CT molecular complexity index is 1210. The van der Waals surface area contributed by atoms with Gasteiger partial charge in [-0.15, -0.1) is 0 Å². The van der Waals surface area contributed by atoms with Crippen LogP contribution in [-0.2, 0) is 15.6 Å². The maximum absolute atomic E-state index is 13.4. The summed E-state index contributed by atoms with van der Waals surface area (Å²) in [5, 5.41) is 20.3. The molecule has 1 fully saturated rings. The normalized spacial score (nSPS) is 17.5. The van der Waals surface area contributed by atoms with E-state index in [-0.39, 0.29) is 12.4 Å². The van der Waals surface area contributed by atoms with E-state index in [1.54, 1.807) is 42.5 Å². The minimum absolute atomic E-state index is 0.0868. The number of nitrogens with two attached hydrogens (primary N) is 1. The molecule has 0 saturated heterocycles. The van der Waals surface area contributed by atoms with Crippen molar-refractivity contribution in [2.75, 3.05) is 5.73 Å². The van der Waals surface area contributed by atoms with Gasteiger partial charge in [0.1, 0.15) is 5.60 Å². The van der Waals surface area contributed by atoms with E-state index in [4.69, 9.17) is 5.73 Å². The summed E-state index contributed by atoms with van der Waals surface area (Å²) in [6.07, 6.45) is 3.80. The first kappa shape index (κ1) is 20.4. The van der Waals surface area contributed by atoms with Crippen molar-refractivity contribution >= 4 is 27.0 Å². The third-order valence-corrected chi connectivity index (χ3v) is 8.14. The highest BCUT2D eigenvalue weighted by molar-refractivity contribution is 7.90. The first-order valence-corrected chi connectivity index (χ1v) is 11.6. The van der Waals surface area contributed by atoms with Crippen molar-refractivity contribution in [1.82, 2.24) is 8.96 Å². The summed E-state index contributed by atoms with van der Waals surface area (Å²) in [6.45, 7) is 0. The number of anilines is 1. The highest BCUT2D eigenvalue weighted by Crippen LogP contribution is 2.36. The van der Waals surface area contributed by atoms with Gasteiger partial charge in [-0.2, -0.15) is 5.26 Å². The number of imidazole rings is 1.